The number of nitrogens with one attached hydrogen (secondary N) is 1. The van der Waals surface area contributed by atoms with Gasteiger partial charge in [-0.05, 0) is 6.92 Å². The molecule has 1 amide bonds. The number of carbonyl (C=O) groups is 1. The molecule has 0 atom stereocenters. The molecule has 1 aliphatic heterocycles. The maximum Gasteiger partial charge on any atom is 0.263 e. The number of sulfonamides is 1. The molecule has 2 heterocycles. The number of nitrogens with zero attached hydrogens (tertiary/aromatic N) is 3. The molecule has 3 rings (SSSR count). The summed E-state index contributed by atoms with van der Waals surface area (Å²) < 4.78 is 39.5. The van der Waals surface area contributed by atoms with Crippen molar-refractivity contribution in [1.82, 2.24) is 14.1 Å². The van der Waals surface area contributed by atoms with E-state index in [2.05, 4.69) is 10.4 Å². The summed E-state index contributed by atoms with van der Waals surface area (Å²) in [4.78, 5) is 13.0. The lowest BCUT2D eigenvalue weighted by Gasteiger charge is -2.24. The molecule has 1 aliphatic rings. The van der Waals surface area contributed by atoms with Gasteiger partial charge in [0.1, 0.15) is 11.5 Å². The molecular weight excluding hydrogens is 416 g/mol. The van der Waals surface area contributed by atoms with Crippen LogP contribution in [0.5, 0.6) is 11.5 Å². The van der Waals surface area contributed by atoms with E-state index in [9.17, 15) is 13.2 Å². The molecule has 158 valence electrons. The molecular formula is C18H24N4O5S2. The van der Waals surface area contributed by atoms with Gasteiger partial charge in [0.2, 0.25) is 5.03 Å². The summed E-state index contributed by atoms with van der Waals surface area (Å²) in [6.07, 6.45) is 1.46. The van der Waals surface area contributed by atoms with Crippen LogP contribution >= 0.6 is 11.8 Å². The fourth-order valence-corrected chi connectivity index (χ4v) is 5.57. The Kier molecular flexibility index (Phi) is 6.70. The third-order valence-corrected chi connectivity index (χ3v) is 7.24. The number of aryl methyl sites for hydroxylation is 1. The Morgan fingerprint density at radius 2 is 1.79 bits per heavy atom. The zero-order valence-corrected chi connectivity index (χ0v) is 18.2. The minimum absolute atomic E-state index is 0.00635. The van der Waals surface area contributed by atoms with Crippen molar-refractivity contribution in [3.63, 3.8) is 0 Å². The molecule has 0 saturated carbocycles. The van der Waals surface area contributed by atoms with Crippen LogP contribution in [-0.2, 0) is 16.6 Å². The number of thioether (sulfide) groups is 1. The highest BCUT2D eigenvalue weighted by atomic mass is 32.2. The first-order chi connectivity index (χ1) is 13.9. The lowest BCUT2D eigenvalue weighted by Crippen LogP contribution is -2.38. The normalized spacial score (nSPS) is 15.1. The van der Waals surface area contributed by atoms with Crippen LogP contribution in [0.25, 0.3) is 0 Å². The third kappa shape index (κ3) is 4.68. The van der Waals surface area contributed by atoms with Gasteiger partial charge in [-0.1, -0.05) is 0 Å². The van der Waals surface area contributed by atoms with E-state index >= 15 is 0 Å². The van der Waals surface area contributed by atoms with Crippen molar-refractivity contribution in [1.29, 1.82) is 0 Å². The van der Waals surface area contributed by atoms with Crippen molar-refractivity contribution in [3.8, 4) is 11.5 Å². The standard InChI is InChI=1S/C18H24N4O5S2/c1-4-21-12-16(18(20-21)29(24,25)22-5-7-28-8-6-22)17(23)19-13-9-14(26-2)11-15(10-13)27-3/h9-12H,4-8H2,1-3H3,(H,19,23). The number of carbonyl (C=O) groups excluding carboxylic acids is 1. The maximum atomic E-state index is 13.1. The molecule has 1 aromatic carbocycles. The lowest BCUT2D eigenvalue weighted by atomic mass is 10.2. The van der Waals surface area contributed by atoms with E-state index in [0.717, 1.165) is 11.5 Å². The molecule has 1 fully saturated rings. The Morgan fingerprint density at radius 3 is 2.34 bits per heavy atom. The van der Waals surface area contributed by atoms with Gasteiger partial charge >= 0.3 is 0 Å². The van der Waals surface area contributed by atoms with Crippen molar-refractivity contribution in [2.75, 3.05) is 44.1 Å². The van der Waals surface area contributed by atoms with Gasteiger partial charge in [0.05, 0.1) is 19.8 Å². The summed E-state index contributed by atoms with van der Waals surface area (Å²) in [5, 5.41) is 6.67. The highest BCUT2D eigenvalue weighted by Gasteiger charge is 2.33. The van der Waals surface area contributed by atoms with E-state index < -0.39 is 15.9 Å². The van der Waals surface area contributed by atoms with Crippen LogP contribution in [-0.4, -0.2) is 67.2 Å². The SMILES string of the molecule is CCn1cc(C(=O)Nc2cc(OC)cc(OC)c2)c(S(=O)(=O)N2CCSCC2)n1. The second-order valence-electron chi connectivity index (χ2n) is 6.28. The van der Waals surface area contributed by atoms with E-state index in [-0.39, 0.29) is 10.6 Å². The fourth-order valence-electron chi connectivity index (χ4n) is 2.90. The first kappa shape index (κ1) is 21.5. The van der Waals surface area contributed by atoms with Crippen LogP contribution in [0.4, 0.5) is 5.69 Å². The molecule has 0 spiro atoms. The van der Waals surface area contributed by atoms with Crippen molar-refractivity contribution in [2.24, 2.45) is 0 Å². The van der Waals surface area contributed by atoms with Crippen LogP contribution in [0.3, 0.4) is 0 Å². The predicted octanol–water partition coefficient (Wildman–Crippen LogP) is 1.91. The van der Waals surface area contributed by atoms with E-state index in [4.69, 9.17) is 9.47 Å². The Labute approximate surface area is 174 Å². The van der Waals surface area contributed by atoms with Gasteiger partial charge in [0.15, 0.2) is 0 Å². The van der Waals surface area contributed by atoms with Crippen molar-refractivity contribution >= 4 is 33.4 Å². The summed E-state index contributed by atoms with van der Waals surface area (Å²) in [5.74, 6) is 1.88. The summed E-state index contributed by atoms with van der Waals surface area (Å²) >= 11 is 1.70. The van der Waals surface area contributed by atoms with Crippen LogP contribution in [0, 0.1) is 0 Å². The Balaban J connectivity index is 1.94. The van der Waals surface area contributed by atoms with Gasteiger partial charge in [-0.25, -0.2) is 8.42 Å². The summed E-state index contributed by atoms with van der Waals surface area (Å²) in [6.45, 7) is 3.08. The predicted molar refractivity (Wildman–Crippen MR) is 111 cm³/mol. The molecule has 0 radical (unpaired) electrons. The second kappa shape index (κ2) is 9.06. The van der Waals surface area contributed by atoms with Crippen LogP contribution < -0.4 is 14.8 Å². The summed E-state index contributed by atoms with van der Waals surface area (Å²) in [6, 6.07) is 4.93. The van der Waals surface area contributed by atoms with Gasteiger partial charge in [-0.3, -0.25) is 9.48 Å². The smallest absolute Gasteiger partial charge is 0.263 e. The number of amides is 1. The number of hydrogen-bond acceptors (Lipinski definition) is 7. The van der Waals surface area contributed by atoms with Crippen molar-refractivity contribution in [2.45, 2.75) is 18.5 Å². The Morgan fingerprint density at radius 1 is 1.17 bits per heavy atom. The first-order valence-electron chi connectivity index (χ1n) is 9.08. The highest BCUT2D eigenvalue weighted by molar-refractivity contribution is 7.99. The summed E-state index contributed by atoms with van der Waals surface area (Å²) in [5.41, 5.74) is 0.431. The minimum atomic E-state index is -3.87. The quantitative estimate of drug-likeness (QED) is 0.701. The largest absolute Gasteiger partial charge is 0.497 e. The molecule has 1 N–H and O–H groups in total. The van der Waals surface area contributed by atoms with E-state index in [1.54, 1.807) is 30.0 Å². The molecule has 1 saturated heterocycles. The number of anilines is 1. The fraction of sp³-hybridized carbons (Fsp3) is 0.444. The maximum absolute atomic E-state index is 13.1. The molecule has 0 aliphatic carbocycles. The van der Waals surface area contributed by atoms with E-state index in [1.165, 1.54) is 29.4 Å². The van der Waals surface area contributed by atoms with Crippen molar-refractivity contribution < 1.29 is 22.7 Å². The molecule has 1 aromatic heterocycles. The Hall–Kier alpha value is -2.24. The van der Waals surface area contributed by atoms with Gasteiger partial charge < -0.3 is 14.8 Å². The average Bonchev–Trinajstić information content (AvgIpc) is 3.19. The van der Waals surface area contributed by atoms with Crippen molar-refractivity contribution in [3.05, 3.63) is 30.0 Å². The van der Waals surface area contributed by atoms with Gasteiger partial charge in [-0.15, -0.1) is 0 Å². The zero-order chi connectivity index (χ0) is 21.0. The summed E-state index contributed by atoms with van der Waals surface area (Å²) in [7, 11) is -0.853. The average molecular weight is 441 g/mol. The van der Waals surface area contributed by atoms with Gasteiger partial charge in [-0.2, -0.15) is 21.2 Å². The molecule has 11 heteroatoms. The number of hydrogen-bond donors (Lipinski definition) is 1. The van der Waals surface area contributed by atoms with E-state index in [1.807, 2.05) is 6.92 Å². The van der Waals surface area contributed by atoms with Crippen LogP contribution in [0.1, 0.15) is 17.3 Å². The Bertz CT molecular complexity index is 962. The van der Waals surface area contributed by atoms with Crippen LogP contribution in [0.15, 0.2) is 29.4 Å². The topological polar surface area (TPSA) is 103 Å². The molecule has 9 nitrogen and oxygen atoms in total. The lowest BCUT2D eigenvalue weighted by molar-refractivity contribution is 0.102. The molecule has 0 bridgehead atoms. The second-order valence-corrected chi connectivity index (χ2v) is 9.35. The minimum Gasteiger partial charge on any atom is -0.497 e. The monoisotopic (exact) mass is 440 g/mol. The number of rotatable bonds is 7. The zero-order valence-electron chi connectivity index (χ0n) is 16.5. The van der Waals surface area contributed by atoms with Gasteiger partial charge in [0, 0.05) is 61.2 Å². The highest BCUT2D eigenvalue weighted by Crippen LogP contribution is 2.27. The van der Waals surface area contributed by atoms with Crippen LogP contribution in [0.2, 0.25) is 0 Å². The first-order valence-corrected chi connectivity index (χ1v) is 11.7. The number of ether oxygens (including phenoxy) is 2. The molecule has 2 aromatic rings. The molecule has 29 heavy (non-hydrogen) atoms. The molecule has 0 unspecified atom stereocenters. The number of methoxy groups -OCH3 is 2. The number of benzene rings is 1. The third-order valence-electron chi connectivity index (χ3n) is 4.46. The van der Waals surface area contributed by atoms with Gasteiger partial charge in [0.25, 0.3) is 15.9 Å². The van der Waals surface area contributed by atoms with E-state index in [0.29, 0.717) is 36.8 Å². The number of aromatic nitrogens is 2.